The van der Waals surface area contributed by atoms with Crippen LogP contribution in [0.3, 0.4) is 0 Å². The molecule has 0 heterocycles. The Hall–Kier alpha value is -3.99. The molecule has 0 atom stereocenters. The van der Waals surface area contributed by atoms with Crippen LogP contribution in [0, 0.1) is 0 Å². The summed E-state index contributed by atoms with van der Waals surface area (Å²) in [7, 11) is 0. The predicted molar refractivity (Wildman–Crippen MR) is 117 cm³/mol. The molecule has 0 saturated heterocycles. The molecular weight excluding hydrogens is 362 g/mol. The SMILES string of the molecule is CC(=O)Nc1ccc(C(=O)N/N=C/c2c3ccccc3cc3ccccc23)cc1. The Kier molecular flexibility index (Phi) is 5.03. The molecule has 4 aromatic carbocycles. The van der Waals surface area contributed by atoms with Crippen LogP contribution < -0.4 is 10.7 Å². The molecule has 29 heavy (non-hydrogen) atoms. The minimum atomic E-state index is -0.319. The van der Waals surface area contributed by atoms with Gasteiger partial charge in [-0.1, -0.05) is 48.5 Å². The lowest BCUT2D eigenvalue weighted by Gasteiger charge is -2.08. The molecule has 0 fully saturated rings. The standard InChI is InChI=1S/C24H19N3O2/c1-16(28)26-20-12-10-17(11-13-20)24(29)27-25-15-23-21-8-4-2-6-18(21)14-19-7-3-5-9-22(19)23/h2-15H,1H3,(H,26,28)(H,27,29)/b25-15+. The number of amides is 2. The molecule has 142 valence electrons. The number of hydrogen-bond donors (Lipinski definition) is 2. The summed E-state index contributed by atoms with van der Waals surface area (Å²) in [4.78, 5) is 23.5. The smallest absolute Gasteiger partial charge is 0.271 e. The van der Waals surface area contributed by atoms with Crippen LogP contribution in [0.1, 0.15) is 22.8 Å². The Labute approximate surface area is 168 Å². The molecule has 0 aromatic heterocycles. The van der Waals surface area contributed by atoms with E-state index in [9.17, 15) is 9.59 Å². The molecule has 5 nitrogen and oxygen atoms in total. The van der Waals surface area contributed by atoms with Crippen molar-refractivity contribution in [3.05, 3.63) is 90.0 Å². The molecule has 4 rings (SSSR count). The van der Waals surface area contributed by atoms with Gasteiger partial charge in [-0.25, -0.2) is 5.43 Å². The van der Waals surface area contributed by atoms with Gasteiger partial charge < -0.3 is 5.32 Å². The van der Waals surface area contributed by atoms with Crippen molar-refractivity contribution in [2.45, 2.75) is 6.92 Å². The molecule has 0 spiro atoms. The van der Waals surface area contributed by atoms with Crippen molar-refractivity contribution in [3.8, 4) is 0 Å². The summed E-state index contributed by atoms with van der Waals surface area (Å²) in [5.74, 6) is -0.478. The van der Waals surface area contributed by atoms with Gasteiger partial charge in [0.25, 0.3) is 5.91 Å². The van der Waals surface area contributed by atoms with E-state index in [1.165, 1.54) is 6.92 Å². The summed E-state index contributed by atoms with van der Waals surface area (Å²) in [6.45, 7) is 1.44. The first kappa shape index (κ1) is 18.4. The highest BCUT2D eigenvalue weighted by atomic mass is 16.2. The quantitative estimate of drug-likeness (QED) is 0.305. The number of fused-ring (bicyclic) bond motifs is 2. The molecular formula is C24H19N3O2. The van der Waals surface area contributed by atoms with Gasteiger partial charge in [0.15, 0.2) is 0 Å². The van der Waals surface area contributed by atoms with E-state index in [-0.39, 0.29) is 11.8 Å². The van der Waals surface area contributed by atoms with Gasteiger partial charge in [-0.15, -0.1) is 0 Å². The molecule has 4 aromatic rings. The molecule has 0 radical (unpaired) electrons. The van der Waals surface area contributed by atoms with E-state index in [1.807, 2.05) is 36.4 Å². The second-order valence-corrected chi connectivity index (χ2v) is 6.69. The van der Waals surface area contributed by atoms with Crippen molar-refractivity contribution >= 4 is 45.3 Å². The molecule has 0 aliphatic carbocycles. The number of carbonyl (C=O) groups is 2. The van der Waals surface area contributed by atoms with Gasteiger partial charge in [-0.3, -0.25) is 9.59 Å². The maximum absolute atomic E-state index is 12.4. The average molecular weight is 381 g/mol. The van der Waals surface area contributed by atoms with Crippen molar-refractivity contribution in [3.63, 3.8) is 0 Å². The minimum Gasteiger partial charge on any atom is -0.326 e. The average Bonchev–Trinajstić information content (AvgIpc) is 2.73. The number of benzene rings is 4. The summed E-state index contributed by atoms with van der Waals surface area (Å²) < 4.78 is 0. The highest BCUT2D eigenvalue weighted by Crippen LogP contribution is 2.27. The highest BCUT2D eigenvalue weighted by Gasteiger charge is 2.07. The van der Waals surface area contributed by atoms with E-state index < -0.39 is 0 Å². The van der Waals surface area contributed by atoms with Crippen LogP contribution >= 0.6 is 0 Å². The van der Waals surface area contributed by atoms with Crippen molar-refractivity contribution in [2.75, 3.05) is 5.32 Å². The van der Waals surface area contributed by atoms with Gasteiger partial charge in [0.1, 0.15) is 0 Å². The van der Waals surface area contributed by atoms with Gasteiger partial charge in [-0.05, 0) is 51.9 Å². The number of nitrogens with one attached hydrogen (secondary N) is 2. The van der Waals surface area contributed by atoms with Crippen LogP contribution in [0.25, 0.3) is 21.5 Å². The second-order valence-electron chi connectivity index (χ2n) is 6.69. The van der Waals surface area contributed by atoms with Gasteiger partial charge >= 0.3 is 0 Å². The summed E-state index contributed by atoms with van der Waals surface area (Å²) in [6, 6.07) is 25.0. The predicted octanol–water partition coefficient (Wildman–Crippen LogP) is 4.72. The van der Waals surface area contributed by atoms with E-state index in [0.717, 1.165) is 27.1 Å². The monoisotopic (exact) mass is 381 g/mol. The number of hydrazone groups is 1. The van der Waals surface area contributed by atoms with Crippen LogP contribution in [-0.2, 0) is 4.79 Å². The first-order valence-corrected chi connectivity index (χ1v) is 9.23. The second kappa shape index (κ2) is 7.94. The molecule has 5 heteroatoms. The first-order valence-electron chi connectivity index (χ1n) is 9.23. The molecule has 0 unspecified atom stereocenters. The molecule has 2 amide bonds. The topological polar surface area (TPSA) is 70.6 Å². The molecule has 0 saturated carbocycles. The fourth-order valence-corrected chi connectivity index (χ4v) is 3.32. The summed E-state index contributed by atoms with van der Waals surface area (Å²) >= 11 is 0. The van der Waals surface area contributed by atoms with Crippen molar-refractivity contribution in [1.82, 2.24) is 5.43 Å². The van der Waals surface area contributed by atoms with Gasteiger partial charge in [-0.2, -0.15) is 5.10 Å². The zero-order valence-electron chi connectivity index (χ0n) is 15.8. The fraction of sp³-hybridized carbons (Fsp3) is 0.0417. The lowest BCUT2D eigenvalue weighted by atomic mass is 9.97. The minimum absolute atomic E-state index is 0.158. The third-order valence-corrected chi connectivity index (χ3v) is 4.64. The number of nitrogens with zero attached hydrogens (tertiary/aromatic N) is 1. The van der Waals surface area contributed by atoms with E-state index in [4.69, 9.17) is 0 Å². The van der Waals surface area contributed by atoms with Gasteiger partial charge in [0, 0.05) is 23.7 Å². The molecule has 0 aliphatic heterocycles. The summed E-state index contributed by atoms with van der Waals surface area (Å²) in [5, 5.41) is 11.2. The van der Waals surface area contributed by atoms with Gasteiger partial charge in [0.2, 0.25) is 5.91 Å². The van der Waals surface area contributed by atoms with E-state index in [2.05, 4.69) is 34.0 Å². The normalized spacial score (nSPS) is 11.1. The van der Waals surface area contributed by atoms with Crippen LogP contribution in [-0.4, -0.2) is 18.0 Å². The van der Waals surface area contributed by atoms with Crippen LogP contribution in [0.4, 0.5) is 5.69 Å². The number of carbonyl (C=O) groups excluding carboxylic acids is 2. The van der Waals surface area contributed by atoms with Gasteiger partial charge in [0.05, 0.1) is 6.21 Å². The number of anilines is 1. The Morgan fingerprint density at radius 1 is 0.828 bits per heavy atom. The van der Waals surface area contributed by atoms with E-state index in [0.29, 0.717) is 11.3 Å². The number of hydrogen-bond acceptors (Lipinski definition) is 3. The molecule has 0 bridgehead atoms. The van der Waals surface area contributed by atoms with Crippen molar-refractivity contribution in [1.29, 1.82) is 0 Å². The lowest BCUT2D eigenvalue weighted by molar-refractivity contribution is -0.114. The van der Waals surface area contributed by atoms with E-state index in [1.54, 1.807) is 30.5 Å². The fourth-order valence-electron chi connectivity index (χ4n) is 3.32. The zero-order valence-corrected chi connectivity index (χ0v) is 15.8. The highest BCUT2D eigenvalue weighted by molar-refractivity contribution is 6.13. The Morgan fingerprint density at radius 2 is 1.41 bits per heavy atom. The third-order valence-electron chi connectivity index (χ3n) is 4.64. The maximum atomic E-state index is 12.4. The van der Waals surface area contributed by atoms with Crippen molar-refractivity contribution < 1.29 is 9.59 Å². The Balaban J connectivity index is 1.59. The summed E-state index contributed by atoms with van der Waals surface area (Å²) in [6.07, 6.45) is 1.69. The number of rotatable bonds is 4. The molecule has 2 N–H and O–H groups in total. The van der Waals surface area contributed by atoms with Crippen molar-refractivity contribution in [2.24, 2.45) is 5.10 Å². The van der Waals surface area contributed by atoms with Crippen LogP contribution in [0.15, 0.2) is 84.0 Å². The Bertz CT molecular complexity index is 1190. The lowest BCUT2D eigenvalue weighted by Crippen LogP contribution is -2.17. The van der Waals surface area contributed by atoms with Crippen LogP contribution in [0.5, 0.6) is 0 Å². The largest absolute Gasteiger partial charge is 0.326 e. The van der Waals surface area contributed by atoms with E-state index >= 15 is 0 Å². The maximum Gasteiger partial charge on any atom is 0.271 e. The molecule has 0 aliphatic rings. The van der Waals surface area contributed by atoms with Crippen LogP contribution in [0.2, 0.25) is 0 Å². The Morgan fingerprint density at radius 3 is 2.00 bits per heavy atom. The zero-order chi connectivity index (χ0) is 20.2. The summed E-state index contributed by atoms with van der Waals surface area (Å²) in [5.41, 5.74) is 4.63. The first-order chi connectivity index (χ1) is 14.1. The third kappa shape index (κ3) is 3.99.